The van der Waals surface area contributed by atoms with Crippen LogP contribution in [0.1, 0.15) is 36.8 Å². The lowest BCUT2D eigenvalue weighted by Crippen LogP contribution is -2.31. The SMILES string of the molecule is COC(=O)c1cc(=O)n(-c2cc(C)ccc2O)c(C(=O)OC)c1C(=O)OC. The number of aromatic hydroxyl groups is 1. The number of hydrogen-bond acceptors (Lipinski definition) is 8. The summed E-state index contributed by atoms with van der Waals surface area (Å²) in [5, 5.41) is 10.2. The number of carbonyl (C=O) groups excluding carboxylic acids is 3. The first-order valence-corrected chi connectivity index (χ1v) is 7.61. The zero-order valence-corrected chi connectivity index (χ0v) is 15.1. The molecule has 0 bridgehead atoms. The molecule has 27 heavy (non-hydrogen) atoms. The third-order valence-corrected chi connectivity index (χ3v) is 3.76. The second-order valence-corrected chi connectivity index (χ2v) is 5.42. The molecule has 142 valence electrons. The van der Waals surface area contributed by atoms with Crippen molar-refractivity contribution in [2.24, 2.45) is 0 Å². The molecule has 0 aliphatic rings. The fourth-order valence-corrected chi connectivity index (χ4v) is 2.53. The van der Waals surface area contributed by atoms with E-state index in [2.05, 4.69) is 14.2 Å². The molecule has 0 spiro atoms. The summed E-state index contributed by atoms with van der Waals surface area (Å²) in [4.78, 5) is 49.5. The fourth-order valence-electron chi connectivity index (χ4n) is 2.53. The molecular formula is C18H17NO8. The van der Waals surface area contributed by atoms with Gasteiger partial charge in [-0.15, -0.1) is 0 Å². The molecule has 0 fully saturated rings. The van der Waals surface area contributed by atoms with Gasteiger partial charge in [0, 0.05) is 6.07 Å². The summed E-state index contributed by atoms with van der Waals surface area (Å²) in [6, 6.07) is 5.17. The van der Waals surface area contributed by atoms with E-state index in [4.69, 9.17) is 0 Å². The highest BCUT2D eigenvalue weighted by Gasteiger charge is 2.32. The molecule has 2 aromatic rings. The smallest absolute Gasteiger partial charge is 0.356 e. The van der Waals surface area contributed by atoms with Gasteiger partial charge < -0.3 is 19.3 Å². The van der Waals surface area contributed by atoms with Crippen LogP contribution < -0.4 is 5.56 Å². The van der Waals surface area contributed by atoms with Gasteiger partial charge in [-0.25, -0.2) is 14.4 Å². The molecule has 0 unspecified atom stereocenters. The van der Waals surface area contributed by atoms with Crippen molar-refractivity contribution in [3.8, 4) is 11.4 Å². The Morgan fingerprint density at radius 3 is 2.07 bits per heavy atom. The first kappa shape index (κ1) is 19.7. The lowest BCUT2D eigenvalue weighted by molar-refractivity contribution is 0.0528. The van der Waals surface area contributed by atoms with Gasteiger partial charge in [0.05, 0.1) is 32.6 Å². The van der Waals surface area contributed by atoms with E-state index < -0.39 is 40.3 Å². The van der Waals surface area contributed by atoms with Gasteiger partial charge in [0.2, 0.25) is 0 Å². The second kappa shape index (κ2) is 7.73. The molecular weight excluding hydrogens is 358 g/mol. The van der Waals surface area contributed by atoms with E-state index in [9.17, 15) is 24.3 Å². The topological polar surface area (TPSA) is 121 Å². The third-order valence-electron chi connectivity index (χ3n) is 3.76. The van der Waals surface area contributed by atoms with Crippen molar-refractivity contribution in [1.82, 2.24) is 4.57 Å². The molecule has 1 heterocycles. The lowest BCUT2D eigenvalue weighted by atomic mass is 10.0. The molecule has 0 radical (unpaired) electrons. The highest BCUT2D eigenvalue weighted by atomic mass is 16.5. The molecule has 9 nitrogen and oxygen atoms in total. The lowest BCUT2D eigenvalue weighted by Gasteiger charge is -2.18. The number of phenols is 1. The normalized spacial score (nSPS) is 10.2. The van der Waals surface area contributed by atoms with Gasteiger partial charge >= 0.3 is 17.9 Å². The van der Waals surface area contributed by atoms with Crippen molar-refractivity contribution in [1.29, 1.82) is 0 Å². The van der Waals surface area contributed by atoms with E-state index in [1.165, 1.54) is 12.1 Å². The summed E-state index contributed by atoms with van der Waals surface area (Å²) in [6.07, 6.45) is 0. The number of carbonyl (C=O) groups is 3. The minimum Gasteiger partial charge on any atom is -0.506 e. The number of benzene rings is 1. The molecule has 0 aliphatic heterocycles. The van der Waals surface area contributed by atoms with Gasteiger partial charge in [-0.3, -0.25) is 9.36 Å². The number of rotatable bonds is 4. The van der Waals surface area contributed by atoms with Gasteiger partial charge in [0.1, 0.15) is 11.3 Å². The monoisotopic (exact) mass is 375 g/mol. The zero-order chi connectivity index (χ0) is 20.3. The number of nitrogens with zero attached hydrogens (tertiary/aromatic N) is 1. The Morgan fingerprint density at radius 1 is 0.926 bits per heavy atom. The van der Waals surface area contributed by atoms with Crippen LogP contribution in [0, 0.1) is 6.92 Å². The number of aryl methyl sites for hydroxylation is 1. The summed E-state index contributed by atoms with van der Waals surface area (Å²) in [5.41, 5.74) is -1.80. The molecule has 9 heteroatoms. The van der Waals surface area contributed by atoms with Crippen molar-refractivity contribution in [3.63, 3.8) is 0 Å². The van der Waals surface area contributed by atoms with Crippen LogP contribution in [-0.4, -0.2) is 48.9 Å². The Kier molecular flexibility index (Phi) is 5.64. The van der Waals surface area contributed by atoms with Gasteiger partial charge in [-0.05, 0) is 24.6 Å². The average molecular weight is 375 g/mol. The van der Waals surface area contributed by atoms with E-state index in [1.54, 1.807) is 13.0 Å². The number of methoxy groups -OCH3 is 3. The maximum Gasteiger partial charge on any atom is 0.356 e. The summed E-state index contributed by atoms with van der Waals surface area (Å²) < 4.78 is 14.7. The van der Waals surface area contributed by atoms with Gasteiger partial charge in [0.25, 0.3) is 5.56 Å². The Morgan fingerprint density at radius 2 is 1.52 bits per heavy atom. The highest BCUT2D eigenvalue weighted by Crippen LogP contribution is 2.26. The predicted octanol–water partition coefficient (Wildman–Crippen LogP) is 1.21. The van der Waals surface area contributed by atoms with Crippen molar-refractivity contribution in [2.45, 2.75) is 6.92 Å². The number of ether oxygens (including phenoxy) is 3. The molecule has 1 N–H and O–H groups in total. The average Bonchev–Trinajstić information content (AvgIpc) is 2.67. The standard InChI is InChI=1S/C18H17NO8/c1-9-5-6-12(20)11(7-9)19-13(21)8-10(16(22)25-2)14(17(23)26-3)15(19)18(24)27-4/h5-8,20H,1-4H3. The van der Waals surface area contributed by atoms with Crippen LogP contribution in [0.5, 0.6) is 5.75 Å². The zero-order valence-electron chi connectivity index (χ0n) is 15.1. The molecule has 2 rings (SSSR count). The van der Waals surface area contributed by atoms with E-state index in [0.29, 0.717) is 5.56 Å². The largest absolute Gasteiger partial charge is 0.506 e. The maximum absolute atomic E-state index is 12.7. The maximum atomic E-state index is 12.7. The summed E-state index contributed by atoms with van der Waals surface area (Å²) in [6.45, 7) is 1.70. The molecule has 0 atom stereocenters. The predicted molar refractivity (Wildman–Crippen MR) is 92.5 cm³/mol. The molecule has 0 aliphatic carbocycles. The summed E-state index contributed by atoms with van der Waals surface area (Å²) in [5.74, 6) is -3.48. The quantitative estimate of drug-likeness (QED) is 0.625. The first-order chi connectivity index (χ1) is 12.8. The van der Waals surface area contributed by atoms with E-state index >= 15 is 0 Å². The number of phenolic OH excluding ortho intramolecular Hbond substituents is 1. The van der Waals surface area contributed by atoms with E-state index in [-0.39, 0.29) is 11.4 Å². The molecule has 1 aromatic carbocycles. The molecule has 0 saturated heterocycles. The number of esters is 3. The minimum atomic E-state index is -1.08. The summed E-state index contributed by atoms with van der Waals surface area (Å²) >= 11 is 0. The highest BCUT2D eigenvalue weighted by molar-refractivity contribution is 6.09. The van der Waals surface area contributed by atoms with Gasteiger partial charge in [0.15, 0.2) is 5.69 Å². The second-order valence-electron chi connectivity index (χ2n) is 5.42. The van der Waals surface area contributed by atoms with Crippen LogP contribution in [0.4, 0.5) is 0 Å². The molecule has 0 amide bonds. The Hall–Kier alpha value is -3.62. The number of hydrogen-bond donors (Lipinski definition) is 1. The third kappa shape index (κ3) is 3.52. The van der Waals surface area contributed by atoms with Crippen molar-refractivity contribution in [2.75, 3.05) is 21.3 Å². The van der Waals surface area contributed by atoms with E-state index in [0.717, 1.165) is 32.0 Å². The van der Waals surface area contributed by atoms with Crippen LogP contribution in [0.25, 0.3) is 5.69 Å². The van der Waals surface area contributed by atoms with E-state index in [1.807, 2.05) is 0 Å². The Bertz CT molecular complexity index is 990. The van der Waals surface area contributed by atoms with Crippen LogP contribution in [0.15, 0.2) is 29.1 Å². The van der Waals surface area contributed by atoms with Crippen molar-refractivity contribution >= 4 is 17.9 Å². The van der Waals surface area contributed by atoms with Crippen LogP contribution in [0.3, 0.4) is 0 Å². The summed E-state index contributed by atoms with van der Waals surface area (Å²) in [7, 11) is 3.14. The molecule has 0 saturated carbocycles. The van der Waals surface area contributed by atoms with Crippen LogP contribution >= 0.6 is 0 Å². The van der Waals surface area contributed by atoms with Gasteiger partial charge in [-0.1, -0.05) is 6.07 Å². The van der Waals surface area contributed by atoms with Gasteiger partial charge in [-0.2, -0.15) is 0 Å². The van der Waals surface area contributed by atoms with Crippen LogP contribution in [0.2, 0.25) is 0 Å². The number of aromatic nitrogens is 1. The minimum absolute atomic E-state index is 0.0676. The number of pyridine rings is 1. The van der Waals surface area contributed by atoms with Crippen molar-refractivity contribution < 1.29 is 33.7 Å². The Balaban J connectivity index is 3.07. The first-order valence-electron chi connectivity index (χ1n) is 7.61. The Labute approximate surface area is 153 Å². The molecule has 1 aromatic heterocycles. The van der Waals surface area contributed by atoms with Crippen molar-refractivity contribution in [3.05, 3.63) is 57.0 Å². The van der Waals surface area contributed by atoms with Crippen LogP contribution in [-0.2, 0) is 14.2 Å². The fraction of sp³-hybridized carbons (Fsp3) is 0.222.